The van der Waals surface area contributed by atoms with Gasteiger partial charge in [-0.3, -0.25) is 9.59 Å². The lowest BCUT2D eigenvalue weighted by molar-refractivity contribution is -0.129. The number of H-pyrrole nitrogens is 1. The molecule has 0 unspecified atom stereocenters. The zero-order valence-electron chi connectivity index (χ0n) is 27.1. The zero-order valence-corrected chi connectivity index (χ0v) is 27.1. The quantitative estimate of drug-likeness (QED) is 0.288. The molecule has 2 aliphatic rings. The van der Waals surface area contributed by atoms with E-state index >= 15 is 0 Å². The van der Waals surface area contributed by atoms with Crippen LogP contribution in [0.2, 0.25) is 0 Å². The maximum atomic E-state index is 13.6. The van der Waals surface area contributed by atoms with Gasteiger partial charge in [0, 0.05) is 37.0 Å². The van der Waals surface area contributed by atoms with Crippen molar-refractivity contribution < 1.29 is 14.7 Å². The van der Waals surface area contributed by atoms with Gasteiger partial charge in [-0.15, -0.1) is 0 Å². The molecule has 0 saturated carbocycles. The Bertz CT molecular complexity index is 1770. The fourth-order valence-electron chi connectivity index (χ4n) is 6.28. The molecule has 0 amide bonds. The number of fused-ring (bicyclic) bond motifs is 2. The Morgan fingerprint density at radius 1 is 0.750 bits per heavy atom. The van der Waals surface area contributed by atoms with Crippen molar-refractivity contribution in [2.75, 3.05) is 36.0 Å². The van der Waals surface area contributed by atoms with Crippen LogP contribution in [0.5, 0.6) is 0 Å². The zero-order chi connectivity index (χ0) is 31.9. The van der Waals surface area contributed by atoms with Gasteiger partial charge in [0.2, 0.25) is 11.6 Å². The first-order chi connectivity index (χ1) is 20.9. The summed E-state index contributed by atoms with van der Waals surface area (Å²) in [6, 6.07) is 7.45. The van der Waals surface area contributed by atoms with E-state index in [1.807, 2.05) is 12.1 Å². The molecule has 44 heavy (non-hydrogen) atoms. The molecule has 0 spiro atoms. The number of allylic oxidation sites excluding steroid dienone is 2. The number of carbonyl (C=O) groups is 2. The van der Waals surface area contributed by atoms with E-state index in [1.165, 1.54) is 6.34 Å². The van der Waals surface area contributed by atoms with Gasteiger partial charge in [0.1, 0.15) is 23.1 Å². The Balaban J connectivity index is 1.67. The van der Waals surface area contributed by atoms with E-state index in [4.69, 9.17) is 0 Å². The summed E-state index contributed by atoms with van der Waals surface area (Å²) in [7, 11) is 0. The summed E-state index contributed by atoms with van der Waals surface area (Å²) >= 11 is 0. The average Bonchev–Trinajstić information content (AvgIpc) is 3.66. The van der Waals surface area contributed by atoms with E-state index < -0.39 is 11.6 Å². The normalized spacial score (nSPS) is 16.0. The van der Waals surface area contributed by atoms with E-state index in [-0.39, 0.29) is 16.9 Å². The Hall–Kier alpha value is -4.27. The highest BCUT2D eigenvalue weighted by Gasteiger charge is 2.39. The summed E-state index contributed by atoms with van der Waals surface area (Å²) in [4.78, 5) is 48.6. The van der Waals surface area contributed by atoms with Crippen molar-refractivity contribution in [3.05, 3.63) is 52.5 Å². The summed E-state index contributed by atoms with van der Waals surface area (Å²) < 4.78 is 0. The first kappa shape index (κ1) is 31.2. The molecule has 5 rings (SSSR count). The number of aliphatic hydroxyl groups excluding tert-OH is 1. The van der Waals surface area contributed by atoms with E-state index in [2.05, 4.69) is 85.1 Å². The molecule has 2 heterocycles. The van der Waals surface area contributed by atoms with Gasteiger partial charge in [0.05, 0.1) is 39.9 Å². The number of aliphatic hydroxyl groups is 1. The van der Waals surface area contributed by atoms with Crippen LogP contribution in [0.4, 0.5) is 17.1 Å². The van der Waals surface area contributed by atoms with Gasteiger partial charge >= 0.3 is 0 Å². The van der Waals surface area contributed by atoms with Crippen LogP contribution in [0, 0.1) is 23.7 Å². The summed E-state index contributed by atoms with van der Waals surface area (Å²) in [5.74, 6) is -0.130. The summed E-state index contributed by atoms with van der Waals surface area (Å²) in [5.41, 5.74) is 4.18. The predicted molar refractivity (Wildman–Crippen MR) is 178 cm³/mol. The van der Waals surface area contributed by atoms with Crippen molar-refractivity contribution in [2.45, 2.75) is 55.4 Å². The second-order valence-corrected chi connectivity index (χ2v) is 13.6. The van der Waals surface area contributed by atoms with Crippen LogP contribution in [0.1, 0.15) is 61.0 Å². The highest BCUT2D eigenvalue weighted by molar-refractivity contribution is 6.70. The molecule has 0 atom stereocenters. The van der Waals surface area contributed by atoms with Crippen molar-refractivity contribution in [2.24, 2.45) is 33.7 Å². The van der Waals surface area contributed by atoms with Crippen LogP contribution in [0.25, 0.3) is 22.2 Å². The Morgan fingerprint density at radius 2 is 1.30 bits per heavy atom. The highest BCUT2D eigenvalue weighted by Crippen LogP contribution is 2.38. The third-order valence-corrected chi connectivity index (χ3v) is 7.76. The van der Waals surface area contributed by atoms with E-state index in [0.717, 1.165) is 43.1 Å². The molecular weight excluding hydrogens is 552 g/mol. The van der Waals surface area contributed by atoms with Crippen LogP contribution in [-0.4, -0.2) is 59.2 Å². The number of aliphatic imine (C=N–C) groups is 1. The van der Waals surface area contributed by atoms with E-state index in [1.54, 1.807) is 18.5 Å². The lowest BCUT2D eigenvalue weighted by atomic mass is 10.0. The van der Waals surface area contributed by atoms with Gasteiger partial charge in [0.25, 0.3) is 0 Å². The van der Waals surface area contributed by atoms with Gasteiger partial charge in [-0.1, -0.05) is 55.4 Å². The molecular formula is C35H44N6O3. The number of Topliss-reactive ketones (excluding diaryl/α,β-unsaturated/α-hetero) is 2. The van der Waals surface area contributed by atoms with E-state index in [9.17, 15) is 14.7 Å². The van der Waals surface area contributed by atoms with Gasteiger partial charge in [0.15, 0.2) is 0 Å². The maximum Gasteiger partial charge on any atom is 0.238 e. The van der Waals surface area contributed by atoms with Gasteiger partial charge in [-0.2, -0.15) is 0 Å². The predicted octanol–water partition coefficient (Wildman–Crippen LogP) is 5.36. The van der Waals surface area contributed by atoms with Crippen LogP contribution in [-0.2, 0) is 9.59 Å². The van der Waals surface area contributed by atoms with Crippen molar-refractivity contribution in [3.63, 3.8) is 0 Å². The molecule has 9 heteroatoms. The van der Waals surface area contributed by atoms with Gasteiger partial charge in [-0.25, -0.2) is 15.0 Å². The second kappa shape index (κ2) is 12.4. The second-order valence-electron chi connectivity index (χ2n) is 13.6. The number of benzene rings is 2. The molecule has 0 radical (unpaired) electrons. The number of hydrogen-bond acceptors (Lipinski definition) is 8. The monoisotopic (exact) mass is 596 g/mol. The lowest BCUT2D eigenvalue weighted by Crippen LogP contribution is -2.35. The van der Waals surface area contributed by atoms with Gasteiger partial charge < -0.3 is 19.9 Å². The van der Waals surface area contributed by atoms with E-state index in [0.29, 0.717) is 51.0 Å². The number of nitrogens with one attached hydrogen (secondary N) is 1. The molecule has 1 aliphatic heterocycles. The van der Waals surface area contributed by atoms with Crippen molar-refractivity contribution in [1.29, 1.82) is 0 Å². The molecule has 9 nitrogen and oxygen atoms in total. The number of anilines is 2. The van der Waals surface area contributed by atoms with Crippen LogP contribution in [0.15, 0.2) is 46.3 Å². The number of nitrogens with zero attached hydrogens (tertiary/aromatic N) is 5. The number of aromatic amines is 1. The van der Waals surface area contributed by atoms with Crippen LogP contribution in [0.3, 0.4) is 0 Å². The molecule has 0 bridgehead atoms. The fraction of sp³-hybridized carbons (Fsp3) is 0.457. The minimum absolute atomic E-state index is 0.0362. The standard InChI is InChI=1S/C35H44N6O3/c1-19(2)13-40(14-20(3)4)25-11-9-23(29-31(25)38-17-36-29)27-33(42)28(35(44)34(27)43)24-10-12-26(32-30(24)37-18-39-32)41(15-21(5)6)16-22(7)8/h9-12,17-22,42H,13-16H2,1-8H3,(H,36,38)/b28-24+. The molecule has 2 aromatic carbocycles. The molecule has 0 saturated heterocycles. The topological polar surface area (TPSA) is 114 Å². The molecule has 1 aromatic heterocycles. The average molecular weight is 597 g/mol. The smallest absolute Gasteiger partial charge is 0.238 e. The van der Waals surface area contributed by atoms with Crippen molar-refractivity contribution >= 4 is 57.1 Å². The van der Waals surface area contributed by atoms with Crippen LogP contribution >= 0.6 is 0 Å². The molecule has 0 fully saturated rings. The number of aromatic nitrogens is 2. The third-order valence-electron chi connectivity index (χ3n) is 7.76. The fourth-order valence-corrected chi connectivity index (χ4v) is 6.28. The molecule has 3 aromatic rings. The maximum absolute atomic E-state index is 13.6. The summed E-state index contributed by atoms with van der Waals surface area (Å²) in [5, 5.41) is 12.5. The largest absolute Gasteiger partial charge is 0.506 e. The SMILES string of the molecule is CC(C)CN(CC(C)C)c1cc/c(=C2\C(=O)C(=O)C(c3ccc(N(CC(C)C)CC(C)C)c4[nH]cnc34)=C2O)c2c1N=CN=2. The van der Waals surface area contributed by atoms with Gasteiger partial charge in [-0.05, 0) is 47.9 Å². The first-order valence-electron chi connectivity index (χ1n) is 15.7. The molecule has 1 aliphatic carbocycles. The number of carbonyl (C=O) groups excluding carboxylic acids is 2. The Kier molecular flexibility index (Phi) is 8.77. The minimum Gasteiger partial charge on any atom is -0.506 e. The highest BCUT2D eigenvalue weighted by atomic mass is 16.3. The number of imidazole rings is 1. The van der Waals surface area contributed by atoms with Crippen molar-refractivity contribution in [1.82, 2.24) is 9.97 Å². The number of hydrogen-bond donors (Lipinski definition) is 2. The van der Waals surface area contributed by atoms with Crippen molar-refractivity contribution in [3.8, 4) is 0 Å². The Morgan fingerprint density at radius 3 is 1.89 bits per heavy atom. The third kappa shape index (κ3) is 5.79. The lowest BCUT2D eigenvalue weighted by Gasteiger charge is -2.29. The minimum atomic E-state index is -0.759. The van der Waals surface area contributed by atoms with Crippen LogP contribution < -0.4 is 20.4 Å². The number of ketones is 2. The number of rotatable bonds is 11. The summed E-state index contributed by atoms with van der Waals surface area (Å²) in [6.07, 6.45) is 3.06. The molecule has 232 valence electrons. The molecule has 2 N–H and O–H groups in total. The summed E-state index contributed by atoms with van der Waals surface area (Å²) in [6.45, 7) is 20.8. The Labute approximate surface area is 259 Å². The first-order valence-corrected chi connectivity index (χ1v) is 15.7.